The monoisotopic (exact) mass is 319 g/mol. The van der Waals surface area contributed by atoms with Crippen molar-refractivity contribution in [1.29, 1.82) is 0 Å². The molecule has 0 aliphatic carbocycles. The minimum atomic E-state index is -3.70. The zero-order valence-electron chi connectivity index (χ0n) is 12.2. The van der Waals surface area contributed by atoms with Gasteiger partial charge in [-0.15, -0.1) is 0 Å². The minimum Gasteiger partial charge on any atom is -0.355 e. The van der Waals surface area contributed by atoms with Gasteiger partial charge >= 0.3 is 0 Å². The summed E-state index contributed by atoms with van der Waals surface area (Å²) in [6.45, 7) is 3.65. The fraction of sp³-hybridized carbons (Fsp3) is 0.357. The van der Waals surface area contributed by atoms with Crippen molar-refractivity contribution >= 4 is 21.7 Å². The number of rotatable bonds is 4. The SMILES string of the molecule is Cc1ccc(S(=O)(=O)Nc2cncc(N3CCCC3)n2)cn1. The van der Waals surface area contributed by atoms with Crippen molar-refractivity contribution in [2.75, 3.05) is 22.7 Å². The van der Waals surface area contributed by atoms with E-state index in [9.17, 15) is 8.42 Å². The molecule has 1 N–H and O–H groups in total. The van der Waals surface area contributed by atoms with Gasteiger partial charge in [-0.25, -0.2) is 13.4 Å². The second-order valence-corrected chi connectivity index (χ2v) is 6.88. The Morgan fingerprint density at radius 2 is 1.91 bits per heavy atom. The summed E-state index contributed by atoms with van der Waals surface area (Å²) in [6, 6.07) is 3.17. The summed E-state index contributed by atoms with van der Waals surface area (Å²) in [4.78, 5) is 14.6. The van der Waals surface area contributed by atoms with E-state index < -0.39 is 10.0 Å². The number of nitrogens with one attached hydrogen (secondary N) is 1. The Kier molecular flexibility index (Phi) is 3.93. The maximum absolute atomic E-state index is 12.3. The van der Waals surface area contributed by atoms with Gasteiger partial charge < -0.3 is 4.90 Å². The summed E-state index contributed by atoms with van der Waals surface area (Å²) in [5, 5.41) is 0. The van der Waals surface area contributed by atoms with E-state index in [1.807, 2.05) is 0 Å². The third-order valence-electron chi connectivity index (χ3n) is 3.49. The van der Waals surface area contributed by atoms with Crippen molar-refractivity contribution < 1.29 is 8.42 Å². The Balaban J connectivity index is 1.82. The number of nitrogens with zero attached hydrogens (tertiary/aromatic N) is 4. The van der Waals surface area contributed by atoms with E-state index >= 15 is 0 Å². The molecule has 0 saturated carbocycles. The Bertz CT molecular complexity index is 755. The molecule has 116 valence electrons. The van der Waals surface area contributed by atoms with Crippen LogP contribution in [0.1, 0.15) is 18.5 Å². The van der Waals surface area contributed by atoms with Gasteiger partial charge in [-0.05, 0) is 31.9 Å². The average Bonchev–Trinajstić information content (AvgIpc) is 3.02. The number of sulfonamides is 1. The zero-order chi connectivity index (χ0) is 15.6. The molecule has 1 saturated heterocycles. The van der Waals surface area contributed by atoms with Gasteiger partial charge in [0.1, 0.15) is 10.7 Å². The summed E-state index contributed by atoms with van der Waals surface area (Å²) >= 11 is 0. The predicted molar refractivity (Wildman–Crippen MR) is 83.3 cm³/mol. The molecule has 0 unspecified atom stereocenters. The molecular formula is C14H17N5O2S. The largest absolute Gasteiger partial charge is 0.355 e. The summed E-state index contributed by atoms with van der Waals surface area (Å²) < 4.78 is 27.1. The van der Waals surface area contributed by atoms with Gasteiger partial charge in [0, 0.05) is 25.0 Å². The third-order valence-corrected chi connectivity index (χ3v) is 4.83. The molecule has 1 aliphatic rings. The number of pyridine rings is 1. The Hall–Kier alpha value is -2.22. The molecule has 2 aromatic rings. The first-order valence-corrected chi connectivity index (χ1v) is 8.55. The van der Waals surface area contributed by atoms with Crippen molar-refractivity contribution in [3.8, 4) is 0 Å². The van der Waals surface area contributed by atoms with Crippen LogP contribution in [0, 0.1) is 6.92 Å². The number of hydrogen-bond acceptors (Lipinski definition) is 6. The van der Waals surface area contributed by atoms with E-state index in [4.69, 9.17) is 0 Å². The molecule has 8 heteroatoms. The quantitative estimate of drug-likeness (QED) is 0.920. The first-order chi connectivity index (χ1) is 10.5. The Morgan fingerprint density at radius 3 is 2.59 bits per heavy atom. The summed E-state index contributed by atoms with van der Waals surface area (Å²) in [5.74, 6) is 0.907. The lowest BCUT2D eigenvalue weighted by Crippen LogP contribution is -2.20. The molecule has 3 heterocycles. The van der Waals surface area contributed by atoms with Crippen LogP contribution in [0.5, 0.6) is 0 Å². The van der Waals surface area contributed by atoms with Crippen LogP contribution in [0.15, 0.2) is 35.6 Å². The average molecular weight is 319 g/mol. The van der Waals surface area contributed by atoms with Gasteiger partial charge in [0.15, 0.2) is 5.82 Å². The van der Waals surface area contributed by atoms with Crippen LogP contribution in [-0.2, 0) is 10.0 Å². The highest BCUT2D eigenvalue weighted by Crippen LogP contribution is 2.19. The van der Waals surface area contributed by atoms with Gasteiger partial charge in [-0.2, -0.15) is 0 Å². The first kappa shape index (κ1) is 14.7. The van der Waals surface area contributed by atoms with E-state index in [0.717, 1.165) is 31.6 Å². The standard InChI is InChI=1S/C14H17N5O2S/c1-11-4-5-12(8-16-11)22(20,21)18-13-9-15-10-14(17-13)19-6-2-3-7-19/h4-5,8-10H,2-3,6-7H2,1H3,(H,17,18). The van der Waals surface area contributed by atoms with Crippen molar-refractivity contribution in [2.24, 2.45) is 0 Å². The van der Waals surface area contributed by atoms with E-state index in [1.54, 1.807) is 19.2 Å². The molecule has 0 atom stereocenters. The summed E-state index contributed by atoms with van der Waals surface area (Å²) in [5.41, 5.74) is 0.759. The first-order valence-electron chi connectivity index (χ1n) is 7.07. The number of aromatic nitrogens is 3. The number of anilines is 2. The lowest BCUT2D eigenvalue weighted by Gasteiger charge is -2.16. The van der Waals surface area contributed by atoms with Gasteiger partial charge in [-0.1, -0.05) is 0 Å². The fourth-order valence-corrected chi connectivity index (χ4v) is 3.24. The molecule has 22 heavy (non-hydrogen) atoms. The molecular weight excluding hydrogens is 302 g/mol. The van der Waals surface area contributed by atoms with E-state index in [1.165, 1.54) is 18.5 Å². The van der Waals surface area contributed by atoms with Crippen LogP contribution in [0.2, 0.25) is 0 Å². The van der Waals surface area contributed by atoms with Crippen LogP contribution in [0.25, 0.3) is 0 Å². The molecule has 3 rings (SSSR count). The molecule has 0 amide bonds. The maximum atomic E-state index is 12.3. The number of hydrogen-bond donors (Lipinski definition) is 1. The molecule has 1 fully saturated rings. The van der Waals surface area contributed by atoms with Gasteiger partial charge in [-0.3, -0.25) is 14.7 Å². The molecule has 1 aliphatic heterocycles. The minimum absolute atomic E-state index is 0.103. The molecule has 7 nitrogen and oxygen atoms in total. The molecule has 0 aromatic carbocycles. The Labute approximate surface area is 129 Å². The zero-order valence-corrected chi connectivity index (χ0v) is 13.0. The van der Waals surface area contributed by atoms with Crippen LogP contribution in [0.4, 0.5) is 11.6 Å². The highest BCUT2D eigenvalue weighted by molar-refractivity contribution is 7.92. The van der Waals surface area contributed by atoms with Crippen molar-refractivity contribution in [1.82, 2.24) is 15.0 Å². The van der Waals surface area contributed by atoms with Crippen molar-refractivity contribution in [2.45, 2.75) is 24.7 Å². The van der Waals surface area contributed by atoms with Gasteiger partial charge in [0.25, 0.3) is 10.0 Å². The molecule has 0 bridgehead atoms. The third kappa shape index (κ3) is 3.16. The lowest BCUT2D eigenvalue weighted by atomic mass is 10.4. The van der Waals surface area contributed by atoms with Crippen LogP contribution >= 0.6 is 0 Å². The van der Waals surface area contributed by atoms with Gasteiger partial charge in [0.2, 0.25) is 0 Å². The second kappa shape index (κ2) is 5.88. The van der Waals surface area contributed by atoms with E-state index in [0.29, 0.717) is 5.82 Å². The smallest absolute Gasteiger partial charge is 0.264 e. The van der Waals surface area contributed by atoms with Crippen LogP contribution in [0.3, 0.4) is 0 Å². The summed E-state index contributed by atoms with van der Waals surface area (Å²) in [6.07, 6.45) is 6.62. The summed E-state index contributed by atoms with van der Waals surface area (Å²) in [7, 11) is -3.70. The topological polar surface area (TPSA) is 88.1 Å². The normalized spacial score (nSPS) is 15.0. The van der Waals surface area contributed by atoms with Crippen molar-refractivity contribution in [3.05, 3.63) is 36.4 Å². The second-order valence-electron chi connectivity index (χ2n) is 5.20. The molecule has 0 radical (unpaired) electrons. The van der Waals surface area contributed by atoms with Crippen LogP contribution in [-0.4, -0.2) is 36.5 Å². The number of aryl methyl sites for hydroxylation is 1. The Morgan fingerprint density at radius 1 is 1.14 bits per heavy atom. The highest BCUT2D eigenvalue weighted by Gasteiger charge is 2.18. The van der Waals surface area contributed by atoms with E-state index in [2.05, 4.69) is 24.6 Å². The highest BCUT2D eigenvalue weighted by atomic mass is 32.2. The van der Waals surface area contributed by atoms with Gasteiger partial charge in [0.05, 0.1) is 12.4 Å². The fourth-order valence-electron chi connectivity index (χ4n) is 2.31. The van der Waals surface area contributed by atoms with Crippen LogP contribution < -0.4 is 9.62 Å². The lowest BCUT2D eigenvalue weighted by molar-refractivity contribution is 0.600. The molecule has 0 spiro atoms. The maximum Gasteiger partial charge on any atom is 0.264 e. The van der Waals surface area contributed by atoms with E-state index in [-0.39, 0.29) is 10.7 Å². The van der Waals surface area contributed by atoms with Crippen molar-refractivity contribution in [3.63, 3.8) is 0 Å². The predicted octanol–water partition coefficient (Wildman–Crippen LogP) is 1.58. The molecule has 2 aromatic heterocycles.